The van der Waals surface area contributed by atoms with Gasteiger partial charge in [0.2, 0.25) is 0 Å². The second-order valence-corrected chi connectivity index (χ2v) is 6.49. The molecular formula is C18H12N6O3S. The molecule has 0 bridgehead atoms. The van der Waals surface area contributed by atoms with Gasteiger partial charge in [-0.15, -0.1) is 11.3 Å². The number of nitrogens with zero attached hydrogens (tertiary/aromatic N) is 5. The normalized spacial score (nSPS) is 10.6. The summed E-state index contributed by atoms with van der Waals surface area (Å²) < 4.78 is 1.41. The highest BCUT2D eigenvalue weighted by Gasteiger charge is 2.14. The number of anilines is 1. The number of hydrogen-bond donors (Lipinski definition) is 1. The molecule has 1 N–H and O–H groups in total. The maximum atomic E-state index is 12.4. The number of rotatable bonds is 5. The van der Waals surface area contributed by atoms with Crippen LogP contribution in [0.25, 0.3) is 17.1 Å². The third-order valence-corrected chi connectivity index (χ3v) is 4.54. The Labute approximate surface area is 162 Å². The molecule has 3 aromatic heterocycles. The summed E-state index contributed by atoms with van der Waals surface area (Å²) in [6, 6.07) is 13.0. The molecule has 4 aromatic rings. The van der Waals surface area contributed by atoms with E-state index in [1.54, 1.807) is 29.9 Å². The van der Waals surface area contributed by atoms with Gasteiger partial charge in [-0.1, -0.05) is 12.1 Å². The Morgan fingerprint density at radius 3 is 2.82 bits per heavy atom. The number of hydrogen-bond acceptors (Lipinski definition) is 7. The summed E-state index contributed by atoms with van der Waals surface area (Å²) in [6.45, 7) is 0. The lowest BCUT2D eigenvalue weighted by Gasteiger charge is -2.01. The first-order valence-corrected chi connectivity index (χ1v) is 8.97. The van der Waals surface area contributed by atoms with Gasteiger partial charge in [0.1, 0.15) is 5.69 Å². The number of nitro benzene ring substituents is 1. The average Bonchev–Trinajstić information content (AvgIpc) is 3.39. The van der Waals surface area contributed by atoms with Crippen LogP contribution in [-0.4, -0.2) is 30.6 Å². The Balaban J connectivity index is 1.50. The van der Waals surface area contributed by atoms with Crippen molar-refractivity contribution in [3.63, 3.8) is 0 Å². The third-order valence-electron chi connectivity index (χ3n) is 3.78. The van der Waals surface area contributed by atoms with Crippen LogP contribution in [-0.2, 0) is 0 Å². The first kappa shape index (κ1) is 17.5. The van der Waals surface area contributed by atoms with Crippen LogP contribution in [0.5, 0.6) is 0 Å². The second kappa shape index (κ2) is 7.37. The molecule has 10 heteroatoms. The van der Waals surface area contributed by atoms with E-state index in [-0.39, 0.29) is 11.4 Å². The van der Waals surface area contributed by atoms with E-state index in [0.29, 0.717) is 22.2 Å². The van der Waals surface area contributed by atoms with E-state index in [1.165, 1.54) is 34.2 Å². The zero-order valence-electron chi connectivity index (χ0n) is 14.2. The van der Waals surface area contributed by atoms with E-state index in [1.807, 2.05) is 18.2 Å². The molecular weight excluding hydrogens is 380 g/mol. The molecule has 0 aliphatic rings. The van der Waals surface area contributed by atoms with E-state index in [4.69, 9.17) is 0 Å². The topological polar surface area (TPSA) is 116 Å². The molecule has 0 aliphatic heterocycles. The number of nitro groups is 1. The van der Waals surface area contributed by atoms with Gasteiger partial charge in [0.05, 0.1) is 16.3 Å². The zero-order valence-corrected chi connectivity index (χ0v) is 15.0. The largest absolute Gasteiger partial charge is 0.296 e. The van der Waals surface area contributed by atoms with Crippen molar-refractivity contribution < 1.29 is 9.72 Å². The molecule has 0 radical (unpaired) electrons. The lowest BCUT2D eigenvalue weighted by Crippen LogP contribution is -2.13. The maximum absolute atomic E-state index is 12.4. The SMILES string of the molecule is O=C(Nc1nc(-c2ccccn2)cs1)c1ccn(-c2cccc([N+](=O)[O-])c2)n1. The van der Waals surface area contributed by atoms with Crippen LogP contribution in [0.2, 0.25) is 0 Å². The summed E-state index contributed by atoms with van der Waals surface area (Å²) in [5.41, 5.74) is 1.99. The summed E-state index contributed by atoms with van der Waals surface area (Å²) in [7, 11) is 0. The van der Waals surface area contributed by atoms with Crippen molar-refractivity contribution in [2.45, 2.75) is 0 Å². The van der Waals surface area contributed by atoms with Crippen LogP contribution in [0.15, 0.2) is 66.3 Å². The number of amides is 1. The fourth-order valence-electron chi connectivity index (χ4n) is 2.46. The predicted molar refractivity (Wildman–Crippen MR) is 104 cm³/mol. The van der Waals surface area contributed by atoms with Crippen molar-refractivity contribution in [3.8, 4) is 17.1 Å². The Kier molecular flexibility index (Phi) is 4.60. The number of carbonyl (C=O) groups is 1. The molecule has 4 rings (SSSR count). The quantitative estimate of drug-likeness (QED) is 0.410. The van der Waals surface area contributed by atoms with Crippen molar-refractivity contribution >= 4 is 28.1 Å². The fourth-order valence-corrected chi connectivity index (χ4v) is 3.16. The Morgan fingerprint density at radius 1 is 1.14 bits per heavy atom. The summed E-state index contributed by atoms with van der Waals surface area (Å²) in [6.07, 6.45) is 3.24. The minimum atomic E-state index is -0.484. The standard InChI is InChI=1S/C18H12N6O3S/c25-17(21-18-20-16(11-28-18)14-6-1-2-8-19-14)15-7-9-23(22-15)12-4-3-5-13(10-12)24(26)27/h1-11H,(H,20,21,25). The van der Waals surface area contributed by atoms with Crippen molar-refractivity contribution in [1.29, 1.82) is 0 Å². The van der Waals surface area contributed by atoms with Gasteiger partial charge in [-0.05, 0) is 24.3 Å². The van der Waals surface area contributed by atoms with Crippen molar-refractivity contribution in [1.82, 2.24) is 19.7 Å². The molecule has 0 unspecified atom stereocenters. The number of nitrogens with one attached hydrogen (secondary N) is 1. The van der Waals surface area contributed by atoms with Crippen LogP contribution >= 0.6 is 11.3 Å². The molecule has 0 fully saturated rings. The number of aromatic nitrogens is 4. The molecule has 1 aromatic carbocycles. The van der Waals surface area contributed by atoms with E-state index in [0.717, 1.165) is 0 Å². The van der Waals surface area contributed by atoms with Crippen molar-refractivity contribution in [2.24, 2.45) is 0 Å². The summed E-state index contributed by atoms with van der Waals surface area (Å²) in [4.78, 5) is 31.4. The molecule has 3 heterocycles. The van der Waals surface area contributed by atoms with E-state index in [2.05, 4.69) is 20.4 Å². The van der Waals surface area contributed by atoms with Crippen molar-refractivity contribution in [3.05, 3.63) is 82.1 Å². The van der Waals surface area contributed by atoms with Gasteiger partial charge in [0.15, 0.2) is 10.8 Å². The highest BCUT2D eigenvalue weighted by Crippen LogP contribution is 2.23. The third kappa shape index (κ3) is 3.62. The van der Waals surface area contributed by atoms with E-state index < -0.39 is 10.8 Å². The average molecular weight is 392 g/mol. The number of non-ortho nitro benzene ring substituents is 1. The van der Waals surface area contributed by atoms with Gasteiger partial charge in [-0.3, -0.25) is 25.2 Å². The lowest BCUT2D eigenvalue weighted by molar-refractivity contribution is -0.384. The molecule has 28 heavy (non-hydrogen) atoms. The molecule has 1 amide bonds. The minimum Gasteiger partial charge on any atom is -0.296 e. The Morgan fingerprint density at radius 2 is 2.04 bits per heavy atom. The number of thiazole rings is 1. The Bertz CT molecular complexity index is 1150. The minimum absolute atomic E-state index is 0.0520. The maximum Gasteiger partial charge on any atom is 0.277 e. The highest BCUT2D eigenvalue weighted by atomic mass is 32.1. The zero-order chi connectivity index (χ0) is 19.5. The summed E-state index contributed by atoms with van der Waals surface area (Å²) in [5, 5.41) is 20.0. The van der Waals surface area contributed by atoms with Gasteiger partial charge in [0, 0.05) is 29.9 Å². The van der Waals surface area contributed by atoms with Crippen LogP contribution in [0.4, 0.5) is 10.8 Å². The molecule has 0 spiro atoms. The first-order valence-electron chi connectivity index (χ1n) is 8.09. The van der Waals surface area contributed by atoms with Crippen LogP contribution in [0, 0.1) is 10.1 Å². The molecule has 138 valence electrons. The monoisotopic (exact) mass is 392 g/mol. The smallest absolute Gasteiger partial charge is 0.277 e. The van der Waals surface area contributed by atoms with Gasteiger partial charge in [-0.2, -0.15) is 5.10 Å². The molecule has 0 atom stereocenters. The second-order valence-electron chi connectivity index (χ2n) is 5.63. The van der Waals surface area contributed by atoms with Gasteiger partial charge >= 0.3 is 0 Å². The molecule has 0 saturated heterocycles. The van der Waals surface area contributed by atoms with Crippen LogP contribution < -0.4 is 5.32 Å². The van der Waals surface area contributed by atoms with Gasteiger partial charge in [0.25, 0.3) is 11.6 Å². The lowest BCUT2D eigenvalue weighted by atomic mass is 10.3. The van der Waals surface area contributed by atoms with Crippen molar-refractivity contribution in [2.75, 3.05) is 5.32 Å². The van der Waals surface area contributed by atoms with Gasteiger partial charge < -0.3 is 0 Å². The number of pyridine rings is 1. The molecule has 0 saturated carbocycles. The summed E-state index contributed by atoms with van der Waals surface area (Å²) in [5.74, 6) is -0.425. The highest BCUT2D eigenvalue weighted by molar-refractivity contribution is 7.14. The molecule has 9 nitrogen and oxygen atoms in total. The molecule has 0 aliphatic carbocycles. The fraction of sp³-hybridized carbons (Fsp3) is 0. The van der Waals surface area contributed by atoms with E-state index in [9.17, 15) is 14.9 Å². The summed E-state index contributed by atoms with van der Waals surface area (Å²) >= 11 is 1.28. The van der Waals surface area contributed by atoms with Crippen LogP contribution in [0.3, 0.4) is 0 Å². The van der Waals surface area contributed by atoms with Gasteiger partial charge in [-0.25, -0.2) is 9.67 Å². The Hall–Kier alpha value is -3.92. The first-order chi connectivity index (χ1) is 13.6. The number of benzene rings is 1. The number of carbonyl (C=O) groups excluding carboxylic acids is 1. The van der Waals surface area contributed by atoms with Crippen LogP contribution in [0.1, 0.15) is 10.5 Å². The predicted octanol–water partition coefficient (Wildman–Crippen LogP) is 3.55. The van der Waals surface area contributed by atoms with E-state index >= 15 is 0 Å².